The monoisotopic (exact) mass is 659 g/mol. The average Bonchev–Trinajstić information content (AvgIpc) is 3.59. The number of unbranched alkanes of at least 4 members (excludes halogenated alkanes) is 3. The van der Waals surface area contributed by atoms with Gasteiger partial charge in [0.1, 0.15) is 6.54 Å². The van der Waals surface area contributed by atoms with Gasteiger partial charge in [0.25, 0.3) is 0 Å². The lowest BCUT2D eigenvalue weighted by atomic mass is 9.98. The van der Waals surface area contributed by atoms with Gasteiger partial charge < -0.3 is 16.8 Å². The van der Waals surface area contributed by atoms with Crippen LogP contribution in [-0.2, 0) is 25.9 Å². The Morgan fingerprint density at radius 2 is 1.58 bits per heavy atom. The van der Waals surface area contributed by atoms with Crippen LogP contribution in [0.2, 0.25) is 0 Å². The molecule has 0 unspecified atom stereocenters. The van der Waals surface area contributed by atoms with Gasteiger partial charge in [0.05, 0.1) is 46.1 Å². The smallest absolute Gasteiger partial charge is 0.220 e. The molecule has 0 radical (unpaired) electrons. The fourth-order valence-electron chi connectivity index (χ4n) is 7.53. The van der Waals surface area contributed by atoms with Gasteiger partial charge in [-0.1, -0.05) is 66.3 Å². The molecule has 250 valence electrons. The number of rotatable bonds is 12. The molecule has 0 saturated carbocycles. The lowest BCUT2D eigenvalue weighted by molar-refractivity contribution is -0.659. The maximum Gasteiger partial charge on any atom is 0.220 e. The lowest BCUT2D eigenvalue weighted by Crippen LogP contribution is -2.37. The molecule has 0 fully saturated rings. The summed E-state index contributed by atoms with van der Waals surface area (Å²) in [6.45, 7) is 2.41. The van der Waals surface area contributed by atoms with Crippen molar-refractivity contribution in [3.63, 3.8) is 0 Å². The van der Waals surface area contributed by atoms with Gasteiger partial charge in [0.2, 0.25) is 11.2 Å². The molecule has 5 N–H and O–H groups in total. The van der Waals surface area contributed by atoms with Gasteiger partial charge >= 0.3 is 0 Å². The SMILES string of the molecule is Nc1ccc2c(c1)c(-c1ccccc1)[n+](CCCCCCc1cnnn1CCNc1c3c(nc4ccccc14)CCC=C3)c1cc(N)ccc21. The first-order valence-electron chi connectivity index (χ1n) is 17.8. The minimum atomic E-state index is 0.756. The number of nitrogens with one attached hydrogen (secondary N) is 1. The van der Waals surface area contributed by atoms with Crippen molar-refractivity contribution >= 4 is 55.7 Å². The summed E-state index contributed by atoms with van der Waals surface area (Å²) >= 11 is 0. The molecule has 0 bridgehead atoms. The van der Waals surface area contributed by atoms with Gasteiger partial charge in [-0.15, -0.1) is 5.10 Å². The summed E-state index contributed by atoms with van der Waals surface area (Å²) in [5, 5.41) is 17.1. The number of hydrogen-bond acceptors (Lipinski definition) is 6. The summed E-state index contributed by atoms with van der Waals surface area (Å²) in [5.74, 6) is 0. The van der Waals surface area contributed by atoms with Crippen LogP contribution in [0.4, 0.5) is 17.1 Å². The quantitative estimate of drug-likeness (QED) is 0.0529. The molecule has 0 atom stereocenters. The van der Waals surface area contributed by atoms with E-state index in [4.69, 9.17) is 16.5 Å². The van der Waals surface area contributed by atoms with Crippen molar-refractivity contribution in [3.8, 4) is 11.3 Å². The number of para-hydroxylation sites is 1. The molecule has 0 saturated heterocycles. The van der Waals surface area contributed by atoms with Gasteiger partial charge in [0.15, 0.2) is 0 Å². The fourth-order valence-corrected chi connectivity index (χ4v) is 7.53. The highest BCUT2D eigenvalue weighted by Gasteiger charge is 2.23. The summed E-state index contributed by atoms with van der Waals surface area (Å²) in [6.07, 6.45) is 13.8. The van der Waals surface area contributed by atoms with Gasteiger partial charge in [-0.3, -0.25) is 4.98 Å². The van der Waals surface area contributed by atoms with E-state index in [0.717, 1.165) is 97.8 Å². The predicted octanol–water partition coefficient (Wildman–Crippen LogP) is 8.13. The van der Waals surface area contributed by atoms with Gasteiger partial charge in [-0.25, -0.2) is 4.68 Å². The maximum absolute atomic E-state index is 6.36. The second kappa shape index (κ2) is 14.0. The number of benzene rings is 4. The van der Waals surface area contributed by atoms with E-state index in [9.17, 15) is 0 Å². The third-order valence-corrected chi connectivity index (χ3v) is 9.95. The number of hydrogen-bond donors (Lipinski definition) is 3. The molecule has 8 nitrogen and oxygen atoms in total. The predicted molar refractivity (Wildman–Crippen MR) is 206 cm³/mol. The van der Waals surface area contributed by atoms with E-state index in [-0.39, 0.29) is 0 Å². The molecule has 0 aliphatic heterocycles. The van der Waals surface area contributed by atoms with Crippen molar-refractivity contribution < 1.29 is 4.57 Å². The number of aromatic nitrogens is 5. The Morgan fingerprint density at radius 1 is 0.780 bits per heavy atom. The number of nitrogen functional groups attached to an aromatic ring is 2. The lowest BCUT2D eigenvalue weighted by Gasteiger charge is -2.18. The van der Waals surface area contributed by atoms with Gasteiger partial charge in [-0.05, 0) is 74.6 Å². The van der Waals surface area contributed by atoms with Crippen molar-refractivity contribution in [2.24, 2.45) is 0 Å². The molecule has 4 aromatic carbocycles. The van der Waals surface area contributed by atoms with E-state index >= 15 is 0 Å². The first-order chi connectivity index (χ1) is 24.6. The molecular weight excluding hydrogens is 617 g/mol. The van der Waals surface area contributed by atoms with Gasteiger partial charge in [-0.2, -0.15) is 4.57 Å². The van der Waals surface area contributed by atoms with Crippen molar-refractivity contribution in [3.05, 3.63) is 120 Å². The Balaban J connectivity index is 0.927. The van der Waals surface area contributed by atoms with Crippen molar-refractivity contribution in [2.75, 3.05) is 23.3 Å². The van der Waals surface area contributed by atoms with Crippen molar-refractivity contribution in [1.82, 2.24) is 20.0 Å². The molecule has 0 spiro atoms. The third-order valence-electron chi connectivity index (χ3n) is 9.95. The van der Waals surface area contributed by atoms with E-state index in [2.05, 4.69) is 116 Å². The number of aryl methyl sites for hydroxylation is 3. The van der Waals surface area contributed by atoms with Crippen LogP contribution < -0.4 is 21.4 Å². The zero-order chi connectivity index (χ0) is 33.9. The highest BCUT2D eigenvalue weighted by atomic mass is 15.4. The van der Waals surface area contributed by atoms with Crippen LogP contribution in [0.1, 0.15) is 49.1 Å². The summed E-state index contributed by atoms with van der Waals surface area (Å²) < 4.78 is 4.51. The average molecular weight is 660 g/mol. The van der Waals surface area contributed by atoms with Crippen LogP contribution in [-0.4, -0.2) is 26.5 Å². The molecule has 7 aromatic rings. The number of nitrogens with two attached hydrogens (primary N) is 2. The van der Waals surface area contributed by atoms with Gasteiger partial charge in [0, 0.05) is 52.3 Å². The topological polar surface area (TPSA) is 112 Å². The van der Waals surface area contributed by atoms with Crippen LogP contribution >= 0.6 is 0 Å². The number of nitrogens with zero attached hydrogens (tertiary/aromatic N) is 5. The minimum absolute atomic E-state index is 0.756. The zero-order valence-electron chi connectivity index (χ0n) is 28.4. The molecule has 8 heteroatoms. The molecular formula is C42H43N8+. The van der Waals surface area contributed by atoms with Crippen molar-refractivity contribution in [1.29, 1.82) is 0 Å². The van der Waals surface area contributed by atoms with E-state index in [0.29, 0.717) is 0 Å². The summed E-state index contributed by atoms with van der Waals surface area (Å²) in [7, 11) is 0. The summed E-state index contributed by atoms with van der Waals surface area (Å²) in [5.41, 5.74) is 23.5. The van der Waals surface area contributed by atoms with Crippen LogP contribution in [0.3, 0.4) is 0 Å². The molecule has 8 rings (SSSR count). The molecule has 1 aliphatic carbocycles. The second-order valence-corrected chi connectivity index (χ2v) is 13.3. The van der Waals surface area contributed by atoms with E-state index in [1.54, 1.807) is 0 Å². The molecule has 1 aliphatic rings. The molecule has 3 heterocycles. The van der Waals surface area contributed by atoms with E-state index < -0.39 is 0 Å². The molecule has 3 aromatic heterocycles. The Bertz CT molecular complexity index is 2340. The minimum Gasteiger partial charge on any atom is -0.399 e. The fraction of sp³-hybridized carbons (Fsp3) is 0.238. The summed E-state index contributed by atoms with van der Waals surface area (Å²) in [4.78, 5) is 4.94. The second-order valence-electron chi connectivity index (χ2n) is 13.3. The number of fused-ring (bicyclic) bond motifs is 5. The van der Waals surface area contributed by atoms with Crippen molar-refractivity contribution in [2.45, 2.75) is 58.0 Å². The Labute approximate surface area is 292 Å². The first-order valence-corrected chi connectivity index (χ1v) is 17.8. The van der Waals surface area contributed by atoms with E-state index in [1.807, 2.05) is 18.3 Å². The zero-order valence-corrected chi connectivity index (χ0v) is 28.4. The number of allylic oxidation sites excluding steroid dienone is 1. The van der Waals surface area contributed by atoms with Crippen LogP contribution in [0, 0.1) is 0 Å². The number of pyridine rings is 2. The Kier molecular flexibility index (Phi) is 8.82. The molecule has 50 heavy (non-hydrogen) atoms. The highest BCUT2D eigenvalue weighted by Crippen LogP contribution is 2.34. The van der Waals surface area contributed by atoms with Crippen LogP contribution in [0.15, 0.2) is 103 Å². The highest BCUT2D eigenvalue weighted by molar-refractivity contribution is 6.10. The Morgan fingerprint density at radius 3 is 2.48 bits per heavy atom. The van der Waals surface area contributed by atoms with E-state index in [1.165, 1.54) is 44.7 Å². The van der Waals surface area contributed by atoms with Crippen LogP contribution in [0.5, 0.6) is 0 Å². The van der Waals surface area contributed by atoms with Crippen LogP contribution in [0.25, 0.3) is 49.9 Å². The largest absolute Gasteiger partial charge is 0.399 e. The normalized spacial score (nSPS) is 12.6. The Hall–Kier alpha value is -5.76. The summed E-state index contributed by atoms with van der Waals surface area (Å²) in [6, 6.07) is 31.5. The standard InChI is InChI=1S/C42H42N8/c43-30-19-21-33-34-22-20-31(44)27-40(34)49(42(37(33)26-30)29-12-4-3-5-13-29)24-11-2-1-6-14-32-28-46-48-50(32)25-23-45-41-35-15-7-9-17-38(35)47-39-18-10-8-16-36(39)41/h3-5,7-9,12-13,15-17,19-22,26-28,44H,1-2,6,10-11,14,18,23-25,43H2,(H,45,47)/p+1. The first kappa shape index (κ1) is 31.5. The number of anilines is 3. The maximum atomic E-state index is 6.36. The molecule has 0 amide bonds. The third kappa shape index (κ3) is 6.25.